The highest BCUT2D eigenvalue weighted by Crippen LogP contribution is 2.36. The summed E-state index contributed by atoms with van der Waals surface area (Å²) in [7, 11) is -4.18. The maximum atomic E-state index is 13.0. The molecule has 0 amide bonds. The third-order valence-corrected chi connectivity index (χ3v) is 10.4. The van der Waals surface area contributed by atoms with Crippen LogP contribution in [-0.4, -0.2) is 75.5 Å². The van der Waals surface area contributed by atoms with Crippen LogP contribution >= 0.6 is 23.4 Å². The normalized spacial score (nSPS) is 22.9. The van der Waals surface area contributed by atoms with Crippen molar-refractivity contribution in [1.82, 2.24) is 4.72 Å². The van der Waals surface area contributed by atoms with Gasteiger partial charge in [0.15, 0.2) is 4.91 Å². The Morgan fingerprint density at radius 2 is 1.87 bits per heavy atom. The topological polar surface area (TPSA) is 132 Å². The zero-order valence-electron chi connectivity index (χ0n) is 21.2. The van der Waals surface area contributed by atoms with Gasteiger partial charge >= 0.3 is 0 Å². The fraction of sp³-hybridized carbons (Fsp3) is 0.370. The number of morpholine rings is 1. The zero-order valence-corrected chi connectivity index (χ0v) is 23.7. The summed E-state index contributed by atoms with van der Waals surface area (Å²) in [6.07, 6.45) is -3.17. The largest absolute Gasteiger partial charge is 0.389 e. The number of nitrogens with one attached hydrogen (secondary N) is 1. The quantitative estimate of drug-likeness (QED) is 0.281. The van der Waals surface area contributed by atoms with E-state index in [1.54, 1.807) is 6.92 Å². The van der Waals surface area contributed by atoms with Crippen molar-refractivity contribution in [3.8, 4) is 16.5 Å². The molecule has 2 aliphatic heterocycles. The molecule has 3 N–H and O–H groups in total. The number of allylic oxidation sites excluding steroid dienone is 2. The first-order chi connectivity index (χ1) is 18.8. The van der Waals surface area contributed by atoms with Gasteiger partial charge < -0.3 is 24.0 Å². The summed E-state index contributed by atoms with van der Waals surface area (Å²) in [6, 6.07) is 18.2. The maximum Gasteiger partial charge on any atom is 0.251 e. The molecule has 12 heteroatoms. The number of benzene rings is 2. The number of rotatable bonds is 7. The Morgan fingerprint density at radius 1 is 1.13 bits per heavy atom. The summed E-state index contributed by atoms with van der Waals surface area (Å²) >= 11 is 2.37. The highest BCUT2D eigenvalue weighted by atomic mass is 32.2. The van der Waals surface area contributed by atoms with Crippen LogP contribution in [0.1, 0.15) is 11.8 Å². The molecule has 2 aliphatic rings. The van der Waals surface area contributed by atoms with Gasteiger partial charge in [0.05, 0.1) is 19.3 Å². The van der Waals surface area contributed by atoms with Crippen LogP contribution in [0.2, 0.25) is 0 Å². The molecule has 39 heavy (non-hydrogen) atoms. The Morgan fingerprint density at radius 3 is 2.64 bits per heavy atom. The van der Waals surface area contributed by atoms with Crippen molar-refractivity contribution in [1.29, 1.82) is 5.26 Å². The number of sulfonamides is 1. The van der Waals surface area contributed by atoms with Crippen LogP contribution in [-0.2, 0) is 18.9 Å². The molecule has 2 saturated heterocycles. The van der Waals surface area contributed by atoms with Crippen LogP contribution in [0.5, 0.6) is 0 Å². The number of thiophene rings is 1. The molecular formula is C27H29N3O6S3. The molecule has 0 radical (unpaired) electrons. The van der Waals surface area contributed by atoms with Crippen LogP contribution in [0, 0.1) is 11.3 Å². The molecule has 3 atom stereocenters. The van der Waals surface area contributed by atoms with Gasteiger partial charge in [0.1, 0.15) is 18.3 Å². The van der Waals surface area contributed by atoms with Crippen LogP contribution < -0.4 is 9.62 Å². The van der Waals surface area contributed by atoms with Gasteiger partial charge in [-0.3, -0.25) is 0 Å². The first-order valence-corrected chi connectivity index (χ1v) is 15.7. The van der Waals surface area contributed by atoms with Gasteiger partial charge in [-0.15, -0.1) is 11.3 Å². The molecule has 3 aromatic rings. The van der Waals surface area contributed by atoms with Crippen LogP contribution in [0.25, 0.3) is 26.8 Å². The van der Waals surface area contributed by atoms with E-state index >= 15 is 0 Å². The SMILES string of the molecule is C/C(=C(/C#N)S(=O)(=O)NC[C@H]1OSC[C@@H](O)[C@@H]1O)c1ccc(-c2ccc3cc(N4CCOCC4)ccc3c2)s1. The second-order valence-electron chi connectivity index (χ2n) is 9.40. The van der Waals surface area contributed by atoms with Gasteiger partial charge in [0, 0.05) is 40.8 Å². The minimum atomic E-state index is -4.18. The fourth-order valence-corrected chi connectivity index (χ4v) is 7.58. The summed E-state index contributed by atoms with van der Waals surface area (Å²) in [5, 5.41) is 31.8. The van der Waals surface area contributed by atoms with E-state index in [1.165, 1.54) is 17.0 Å². The average molecular weight is 588 g/mol. The highest BCUT2D eigenvalue weighted by Gasteiger charge is 2.34. The lowest BCUT2D eigenvalue weighted by atomic mass is 10.0. The minimum Gasteiger partial charge on any atom is -0.389 e. The van der Waals surface area contributed by atoms with Crippen molar-refractivity contribution in [2.45, 2.75) is 25.2 Å². The Bertz CT molecular complexity index is 1520. The Hall–Kier alpha value is -2.47. The molecule has 206 valence electrons. The van der Waals surface area contributed by atoms with Gasteiger partial charge in [-0.05, 0) is 71.2 Å². The number of hydrogen-bond donors (Lipinski definition) is 3. The zero-order chi connectivity index (χ0) is 27.6. The second kappa shape index (κ2) is 12.0. The number of nitriles is 1. The number of anilines is 1. The molecule has 2 fully saturated rings. The number of hydrogen-bond acceptors (Lipinski definition) is 10. The smallest absolute Gasteiger partial charge is 0.251 e. The van der Waals surface area contributed by atoms with Crippen LogP contribution in [0.4, 0.5) is 5.69 Å². The van der Waals surface area contributed by atoms with Gasteiger partial charge in [-0.25, -0.2) is 13.1 Å². The summed E-state index contributed by atoms with van der Waals surface area (Å²) < 4.78 is 39.0. The van der Waals surface area contributed by atoms with E-state index in [0.717, 1.165) is 59.6 Å². The highest BCUT2D eigenvalue weighted by molar-refractivity contribution is 7.94. The van der Waals surface area contributed by atoms with E-state index in [9.17, 15) is 23.9 Å². The molecule has 5 rings (SSSR count). The van der Waals surface area contributed by atoms with E-state index in [0.29, 0.717) is 10.5 Å². The predicted molar refractivity (Wildman–Crippen MR) is 155 cm³/mol. The van der Waals surface area contributed by atoms with E-state index in [1.807, 2.05) is 24.3 Å². The van der Waals surface area contributed by atoms with Gasteiger partial charge in [0.2, 0.25) is 0 Å². The number of aliphatic hydroxyl groups excluding tert-OH is 2. The van der Waals surface area contributed by atoms with Crippen molar-refractivity contribution < 1.29 is 27.6 Å². The first kappa shape index (κ1) is 28.1. The standard InChI is InChI=1S/C27H29N3O6S3/c1-17(26(14-28)39(33,34)29-15-23-27(32)22(31)16-37-36-23)24-6-7-25(38-24)20-3-2-19-13-21(5-4-18(19)12-20)30-8-10-35-11-9-30/h2-7,12-13,22-23,27,29,31-32H,8-11,15-16H2,1H3/b26-17+/t22-,23-,27+/m1/s1. The third kappa shape index (κ3) is 6.16. The lowest BCUT2D eigenvalue weighted by Crippen LogP contribution is -2.48. The van der Waals surface area contributed by atoms with Crippen LogP contribution in [0.3, 0.4) is 0 Å². The average Bonchev–Trinajstić information content (AvgIpc) is 3.44. The van der Waals surface area contributed by atoms with E-state index < -0.39 is 33.2 Å². The monoisotopic (exact) mass is 587 g/mol. The maximum absolute atomic E-state index is 13.0. The molecule has 9 nitrogen and oxygen atoms in total. The second-order valence-corrected chi connectivity index (χ2v) is 13.0. The van der Waals surface area contributed by atoms with Crippen molar-refractivity contribution in [2.75, 3.05) is 43.5 Å². The number of fused-ring (bicyclic) bond motifs is 1. The molecule has 0 saturated carbocycles. The van der Waals surface area contributed by atoms with Gasteiger partial charge in [-0.2, -0.15) is 5.26 Å². The molecule has 3 heterocycles. The summed E-state index contributed by atoms with van der Waals surface area (Å²) in [6.45, 7) is 4.56. The Labute approximate surface area is 235 Å². The van der Waals surface area contributed by atoms with Crippen molar-refractivity contribution in [3.63, 3.8) is 0 Å². The molecule has 0 bridgehead atoms. The Kier molecular flexibility index (Phi) is 8.60. The minimum absolute atomic E-state index is 0.195. The molecular weight excluding hydrogens is 559 g/mol. The van der Waals surface area contributed by atoms with Gasteiger partial charge in [-0.1, -0.05) is 18.2 Å². The van der Waals surface area contributed by atoms with E-state index in [-0.39, 0.29) is 12.3 Å². The van der Waals surface area contributed by atoms with Crippen molar-refractivity contribution in [2.24, 2.45) is 0 Å². The summed E-state index contributed by atoms with van der Waals surface area (Å²) in [4.78, 5) is 3.54. The molecule has 0 aliphatic carbocycles. The number of ether oxygens (including phenoxy) is 1. The number of nitrogens with zero attached hydrogens (tertiary/aromatic N) is 2. The lowest BCUT2D eigenvalue weighted by molar-refractivity contribution is -0.0418. The van der Waals surface area contributed by atoms with E-state index in [4.69, 9.17) is 8.92 Å². The lowest BCUT2D eigenvalue weighted by Gasteiger charge is -2.30. The molecule has 2 aromatic carbocycles. The van der Waals surface area contributed by atoms with Crippen molar-refractivity contribution >= 4 is 55.4 Å². The summed E-state index contributed by atoms with van der Waals surface area (Å²) in [5.74, 6) is 0.195. The first-order valence-electron chi connectivity index (χ1n) is 12.5. The van der Waals surface area contributed by atoms with E-state index in [2.05, 4.69) is 40.0 Å². The summed E-state index contributed by atoms with van der Waals surface area (Å²) in [5.41, 5.74) is 2.51. The van der Waals surface area contributed by atoms with Gasteiger partial charge in [0.25, 0.3) is 10.0 Å². The molecule has 0 unspecified atom stereocenters. The fourth-order valence-electron chi connectivity index (χ4n) is 4.58. The predicted octanol–water partition coefficient (Wildman–Crippen LogP) is 3.35. The van der Waals surface area contributed by atoms with Crippen molar-refractivity contribution in [3.05, 3.63) is 58.3 Å². The number of aliphatic hydroxyl groups is 2. The molecule has 1 aromatic heterocycles. The Balaban J connectivity index is 1.34. The van der Waals surface area contributed by atoms with Crippen LogP contribution in [0.15, 0.2) is 53.4 Å². The molecule has 0 spiro atoms. The third-order valence-electron chi connectivity index (χ3n) is 6.85.